The summed E-state index contributed by atoms with van der Waals surface area (Å²) in [4.78, 5) is 38.8. The highest BCUT2D eigenvalue weighted by molar-refractivity contribution is 6.00. The van der Waals surface area contributed by atoms with Gasteiger partial charge in [-0.1, -0.05) is 36.4 Å². The summed E-state index contributed by atoms with van der Waals surface area (Å²) in [6, 6.07) is 18.5. The van der Waals surface area contributed by atoms with E-state index in [-0.39, 0.29) is 5.92 Å². The first-order chi connectivity index (χ1) is 21.3. The predicted octanol–water partition coefficient (Wildman–Crippen LogP) is 5.10. The van der Waals surface area contributed by atoms with E-state index in [0.29, 0.717) is 49.3 Å². The van der Waals surface area contributed by atoms with Gasteiger partial charge in [0.1, 0.15) is 11.5 Å². The number of hydrogen-bond donors (Lipinski definition) is 3. The zero-order chi connectivity index (χ0) is 30.7. The fraction of sp³-hybridized carbons (Fsp3) is 0.353. The Morgan fingerprint density at radius 2 is 1.70 bits per heavy atom. The molecule has 3 aromatic carbocycles. The number of hydrogen-bond acceptors (Lipinski definition) is 6. The molecule has 3 N–H and O–H groups in total. The number of aliphatic carboxylic acids is 1. The standard InChI is InChI=1S/C34H34N4O6/c1-43-26-9-5-10-27(44-2)28(26)32-15-21-16-33(18-32,24-11-12-25(35-20-39)23-8-4-3-7-22(23)24)29(30(40)41)34(17-21,19-32)37-31(42)38-14-6-13-36-38/h3-14,20-21,29H,15-19H2,1-2H3,(H,35,39)(H,37,42)(H,40,41). The fourth-order valence-corrected chi connectivity index (χ4v) is 9.56. The van der Waals surface area contributed by atoms with Crippen LogP contribution in [-0.4, -0.2) is 53.1 Å². The number of nitrogens with zero attached hydrogens (tertiary/aromatic N) is 2. The van der Waals surface area contributed by atoms with Gasteiger partial charge in [0.05, 0.1) is 25.7 Å². The molecule has 1 aromatic heterocycles. The number of carbonyl (C=O) groups excluding carboxylic acids is 2. The third-order valence-electron chi connectivity index (χ3n) is 10.3. The lowest BCUT2D eigenvalue weighted by atomic mass is 9.35. The summed E-state index contributed by atoms with van der Waals surface area (Å²) in [5, 5.41) is 23.1. The van der Waals surface area contributed by atoms with E-state index in [1.165, 1.54) is 10.9 Å². The summed E-state index contributed by atoms with van der Waals surface area (Å²) in [6.45, 7) is 0. The Kier molecular flexibility index (Phi) is 6.42. The van der Waals surface area contributed by atoms with E-state index in [1.807, 2.05) is 54.6 Å². The Bertz CT molecular complexity index is 1770. The SMILES string of the molecule is COc1cccc(OC)c1C12CC3CC(NC(=O)n4cccn4)(C1)C(C(=O)O)C(c1ccc(NC=O)c4ccccc14)(C3)C2. The number of aromatic nitrogens is 2. The van der Waals surface area contributed by atoms with Crippen LogP contribution in [0.25, 0.3) is 10.8 Å². The topological polar surface area (TPSA) is 132 Å². The molecule has 8 rings (SSSR count). The number of carbonyl (C=O) groups is 3. The Morgan fingerprint density at radius 3 is 2.36 bits per heavy atom. The highest BCUT2D eigenvalue weighted by Gasteiger charge is 2.72. The number of anilines is 1. The van der Waals surface area contributed by atoms with E-state index in [9.17, 15) is 19.5 Å². The lowest BCUT2D eigenvalue weighted by molar-refractivity contribution is -0.167. The van der Waals surface area contributed by atoms with Crippen LogP contribution in [0, 0.1) is 11.8 Å². The van der Waals surface area contributed by atoms with E-state index in [0.717, 1.165) is 28.3 Å². The maximum Gasteiger partial charge on any atom is 0.342 e. The maximum absolute atomic E-state index is 13.7. The summed E-state index contributed by atoms with van der Waals surface area (Å²) in [5.74, 6) is -0.430. The molecule has 4 aliphatic carbocycles. The second-order valence-electron chi connectivity index (χ2n) is 12.6. The minimum absolute atomic E-state index is 0.104. The molecule has 4 saturated carbocycles. The maximum atomic E-state index is 13.7. The van der Waals surface area contributed by atoms with Gasteiger partial charge in [0.2, 0.25) is 6.41 Å². The van der Waals surface area contributed by atoms with E-state index in [4.69, 9.17) is 9.47 Å². The summed E-state index contributed by atoms with van der Waals surface area (Å²) in [5.41, 5.74) is -0.0717. The van der Waals surface area contributed by atoms with Gasteiger partial charge in [-0.05, 0) is 73.2 Å². The van der Waals surface area contributed by atoms with Gasteiger partial charge < -0.3 is 25.2 Å². The number of carboxylic acid groups (broad SMARTS) is 1. The molecule has 4 aromatic rings. The van der Waals surface area contributed by atoms with Gasteiger partial charge in [-0.15, -0.1) is 0 Å². The first-order valence-electron chi connectivity index (χ1n) is 14.8. The Balaban J connectivity index is 1.52. The molecule has 44 heavy (non-hydrogen) atoms. The van der Waals surface area contributed by atoms with Crippen molar-refractivity contribution in [1.82, 2.24) is 15.1 Å². The first kappa shape index (κ1) is 27.9. The van der Waals surface area contributed by atoms with Crippen LogP contribution >= 0.6 is 0 Å². The van der Waals surface area contributed by atoms with Crippen LogP contribution < -0.4 is 20.1 Å². The highest BCUT2D eigenvalue weighted by atomic mass is 16.5. The van der Waals surface area contributed by atoms with Crippen molar-refractivity contribution < 1.29 is 29.0 Å². The molecule has 10 heteroatoms. The molecule has 4 fully saturated rings. The lowest BCUT2D eigenvalue weighted by Crippen LogP contribution is -2.75. The molecule has 10 nitrogen and oxygen atoms in total. The van der Waals surface area contributed by atoms with Gasteiger partial charge in [-0.25, -0.2) is 4.79 Å². The van der Waals surface area contributed by atoms with Crippen LogP contribution in [0.5, 0.6) is 11.5 Å². The number of rotatable bonds is 8. The smallest absolute Gasteiger partial charge is 0.342 e. The third-order valence-corrected chi connectivity index (χ3v) is 10.3. The van der Waals surface area contributed by atoms with Gasteiger partial charge in [-0.3, -0.25) is 9.59 Å². The van der Waals surface area contributed by atoms with Crippen molar-refractivity contribution in [2.45, 2.75) is 48.5 Å². The molecule has 0 radical (unpaired) electrons. The third kappa shape index (κ3) is 3.93. The van der Waals surface area contributed by atoms with Gasteiger partial charge >= 0.3 is 12.0 Å². The summed E-state index contributed by atoms with van der Waals surface area (Å²) in [7, 11) is 3.27. The Morgan fingerprint density at radius 1 is 0.955 bits per heavy atom. The highest BCUT2D eigenvalue weighted by Crippen LogP contribution is 2.71. The molecular formula is C34H34N4O6. The van der Waals surface area contributed by atoms with Crippen molar-refractivity contribution in [3.8, 4) is 11.5 Å². The van der Waals surface area contributed by atoms with Gasteiger partial charge in [-0.2, -0.15) is 9.78 Å². The molecule has 0 saturated heterocycles. The van der Waals surface area contributed by atoms with Crippen LogP contribution in [0.15, 0.2) is 73.1 Å². The van der Waals surface area contributed by atoms with Crippen molar-refractivity contribution in [3.05, 3.63) is 84.2 Å². The van der Waals surface area contributed by atoms with Crippen LogP contribution in [0.1, 0.15) is 43.2 Å². The number of ether oxygens (including phenoxy) is 2. The molecule has 0 aliphatic heterocycles. The van der Waals surface area contributed by atoms with Gasteiger partial charge in [0.15, 0.2) is 0 Å². The predicted molar refractivity (Wildman–Crippen MR) is 163 cm³/mol. The second-order valence-corrected chi connectivity index (χ2v) is 12.6. The molecule has 0 spiro atoms. The van der Waals surface area contributed by atoms with E-state index in [1.54, 1.807) is 26.5 Å². The van der Waals surface area contributed by atoms with Crippen LogP contribution in [0.4, 0.5) is 10.5 Å². The first-order valence-corrected chi connectivity index (χ1v) is 14.8. The van der Waals surface area contributed by atoms with Crippen molar-refractivity contribution in [1.29, 1.82) is 0 Å². The largest absolute Gasteiger partial charge is 0.496 e. The van der Waals surface area contributed by atoms with Gasteiger partial charge in [0, 0.05) is 39.9 Å². The minimum Gasteiger partial charge on any atom is -0.496 e. The summed E-state index contributed by atoms with van der Waals surface area (Å²) >= 11 is 0. The zero-order valence-electron chi connectivity index (χ0n) is 24.6. The van der Waals surface area contributed by atoms with Crippen molar-refractivity contribution in [2.75, 3.05) is 19.5 Å². The fourth-order valence-electron chi connectivity index (χ4n) is 9.56. The van der Waals surface area contributed by atoms with Crippen LogP contribution in [0.3, 0.4) is 0 Å². The van der Waals surface area contributed by atoms with Crippen molar-refractivity contribution in [2.24, 2.45) is 11.8 Å². The Hall–Kier alpha value is -4.86. The molecule has 4 aliphatic rings. The molecule has 2 amide bonds. The van der Waals surface area contributed by atoms with E-state index >= 15 is 0 Å². The number of nitrogens with one attached hydrogen (secondary N) is 2. The van der Waals surface area contributed by atoms with Crippen molar-refractivity contribution >= 4 is 34.9 Å². The number of methoxy groups -OCH3 is 2. The molecule has 4 bridgehead atoms. The van der Waals surface area contributed by atoms with Crippen LogP contribution in [0.2, 0.25) is 0 Å². The van der Waals surface area contributed by atoms with Crippen LogP contribution in [-0.2, 0) is 20.4 Å². The van der Waals surface area contributed by atoms with Gasteiger partial charge in [0.25, 0.3) is 0 Å². The average Bonchev–Trinajstić information content (AvgIpc) is 3.55. The lowest BCUT2D eigenvalue weighted by Gasteiger charge is -2.69. The summed E-state index contributed by atoms with van der Waals surface area (Å²) in [6.07, 6.45) is 6.64. The normalized spacial score (nSPS) is 28.4. The van der Waals surface area contributed by atoms with Crippen molar-refractivity contribution in [3.63, 3.8) is 0 Å². The molecule has 226 valence electrons. The monoisotopic (exact) mass is 594 g/mol. The van der Waals surface area contributed by atoms with E-state index in [2.05, 4.69) is 15.7 Å². The molecule has 5 atom stereocenters. The minimum atomic E-state index is -1.10. The molecule has 1 heterocycles. The molecular weight excluding hydrogens is 560 g/mol. The number of fused-ring (bicyclic) bond motifs is 1. The number of benzene rings is 3. The quantitative estimate of drug-likeness (QED) is 0.242. The zero-order valence-corrected chi connectivity index (χ0v) is 24.6. The second kappa shape index (κ2) is 10.1. The number of amides is 2. The number of carboxylic acids is 1. The average molecular weight is 595 g/mol. The molecule has 5 unspecified atom stereocenters. The van der Waals surface area contributed by atoms with E-state index < -0.39 is 34.3 Å². The summed E-state index contributed by atoms with van der Waals surface area (Å²) < 4.78 is 13.1. The Labute approximate surface area is 254 Å².